The van der Waals surface area contributed by atoms with Gasteiger partial charge in [-0.05, 0) is 50.1 Å². The number of ketones is 1. The molecule has 0 aliphatic heterocycles. The van der Waals surface area contributed by atoms with Gasteiger partial charge in [-0.3, -0.25) is 4.79 Å². The van der Waals surface area contributed by atoms with Gasteiger partial charge in [0, 0.05) is 4.47 Å². The first-order valence-electron chi connectivity index (χ1n) is 4.96. The minimum Gasteiger partial charge on any atom is -0.494 e. The number of hydrogen-bond donors (Lipinski definition) is 1. The Labute approximate surface area is 125 Å². The normalized spacial score (nSPS) is 10.4. The molecule has 3 nitrogen and oxygen atoms in total. The van der Waals surface area contributed by atoms with Crippen LogP contribution in [0.3, 0.4) is 0 Å². The van der Waals surface area contributed by atoms with Crippen LogP contribution in [0.4, 0.5) is 5.69 Å². The van der Waals surface area contributed by atoms with Gasteiger partial charge < -0.3 is 10.5 Å². The lowest BCUT2D eigenvalue weighted by Crippen LogP contribution is -2.04. The van der Waals surface area contributed by atoms with Crippen molar-refractivity contribution >= 4 is 54.7 Å². The summed E-state index contributed by atoms with van der Waals surface area (Å²) in [6.07, 6.45) is 0. The molecule has 0 unspecified atom stereocenters. The molecule has 1 heterocycles. The number of halogens is 2. The molecule has 0 saturated heterocycles. The smallest absolute Gasteiger partial charge is 0.206 e. The average Bonchev–Trinajstić information content (AvgIpc) is 2.68. The standard InChI is InChI=1S/C12H9Br2NO2S/c1-17-11-6(3-2-4-8(11)15)10(16)9-5-7(13)12(14)18-9/h2-5H,15H2,1H3. The van der Waals surface area contributed by atoms with Crippen LogP contribution in [0.1, 0.15) is 15.2 Å². The van der Waals surface area contributed by atoms with Crippen molar-refractivity contribution in [3.05, 3.63) is 43.0 Å². The van der Waals surface area contributed by atoms with Gasteiger partial charge in [0.15, 0.2) is 5.75 Å². The van der Waals surface area contributed by atoms with Crippen molar-refractivity contribution in [2.75, 3.05) is 12.8 Å². The monoisotopic (exact) mass is 389 g/mol. The van der Waals surface area contributed by atoms with Crippen LogP contribution >= 0.6 is 43.2 Å². The maximum Gasteiger partial charge on any atom is 0.206 e. The Balaban J connectivity index is 2.49. The van der Waals surface area contributed by atoms with E-state index < -0.39 is 0 Å². The van der Waals surface area contributed by atoms with Gasteiger partial charge in [-0.1, -0.05) is 6.07 Å². The first kappa shape index (κ1) is 13.6. The van der Waals surface area contributed by atoms with Crippen LogP contribution in [0, 0.1) is 0 Å². The second kappa shape index (κ2) is 5.42. The molecule has 1 aromatic heterocycles. The Morgan fingerprint density at radius 1 is 1.39 bits per heavy atom. The number of para-hydroxylation sites is 1. The fourth-order valence-electron chi connectivity index (χ4n) is 1.55. The van der Waals surface area contributed by atoms with Gasteiger partial charge in [0.25, 0.3) is 0 Å². The van der Waals surface area contributed by atoms with Gasteiger partial charge in [-0.15, -0.1) is 11.3 Å². The van der Waals surface area contributed by atoms with Crippen LogP contribution in [0.2, 0.25) is 0 Å². The molecule has 1 aromatic carbocycles. The van der Waals surface area contributed by atoms with E-state index in [0.29, 0.717) is 21.9 Å². The maximum absolute atomic E-state index is 12.4. The van der Waals surface area contributed by atoms with Gasteiger partial charge >= 0.3 is 0 Å². The van der Waals surface area contributed by atoms with Gasteiger partial charge in [0.05, 0.1) is 27.0 Å². The predicted molar refractivity (Wildman–Crippen MR) is 80.6 cm³/mol. The van der Waals surface area contributed by atoms with E-state index in [1.807, 2.05) is 0 Å². The van der Waals surface area contributed by atoms with Crippen molar-refractivity contribution < 1.29 is 9.53 Å². The molecule has 0 radical (unpaired) electrons. The molecule has 94 valence electrons. The van der Waals surface area contributed by atoms with E-state index in [0.717, 1.165) is 8.26 Å². The summed E-state index contributed by atoms with van der Waals surface area (Å²) in [6.45, 7) is 0. The summed E-state index contributed by atoms with van der Waals surface area (Å²) in [4.78, 5) is 13.0. The molecule has 0 spiro atoms. The van der Waals surface area contributed by atoms with E-state index in [-0.39, 0.29) is 5.78 Å². The number of benzene rings is 1. The van der Waals surface area contributed by atoms with Crippen molar-refractivity contribution in [2.24, 2.45) is 0 Å². The molecule has 6 heteroatoms. The lowest BCUT2D eigenvalue weighted by atomic mass is 10.1. The van der Waals surface area contributed by atoms with Crippen LogP contribution in [0.25, 0.3) is 0 Å². The topological polar surface area (TPSA) is 52.3 Å². The molecular weight excluding hydrogens is 382 g/mol. The van der Waals surface area contributed by atoms with Gasteiger partial charge in [-0.25, -0.2) is 0 Å². The SMILES string of the molecule is COc1c(N)cccc1C(=O)c1cc(Br)c(Br)s1. The summed E-state index contributed by atoms with van der Waals surface area (Å²) >= 11 is 8.10. The lowest BCUT2D eigenvalue weighted by molar-refractivity contribution is 0.103. The van der Waals surface area contributed by atoms with E-state index in [4.69, 9.17) is 10.5 Å². The third-order valence-corrected chi connectivity index (χ3v) is 5.62. The van der Waals surface area contributed by atoms with E-state index in [9.17, 15) is 4.79 Å². The molecule has 18 heavy (non-hydrogen) atoms. The number of rotatable bonds is 3. The number of nitrogens with two attached hydrogens (primary N) is 1. The van der Waals surface area contributed by atoms with Crippen LogP contribution in [-0.2, 0) is 0 Å². The molecule has 0 saturated carbocycles. The zero-order chi connectivity index (χ0) is 13.3. The van der Waals surface area contributed by atoms with Crippen LogP contribution in [0.5, 0.6) is 5.75 Å². The molecule has 0 bridgehead atoms. The van der Waals surface area contributed by atoms with Gasteiger partial charge in [-0.2, -0.15) is 0 Å². The van der Waals surface area contributed by atoms with E-state index >= 15 is 0 Å². The van der Waals surface area contributed by atoms with Crippen molar-refractivity contribution in [3.8, 4) is 5.75 Å². The predicted octanol–water partition coefficient (Wildman–Crippen LogP) is 4.09. The zero-order valence-corrected chi connectivity index (χ0v) is 13.4. The number of methoxy groups -OCH3 is 1. The summed E-state index contributed by atoms with van der Waals surface area (Å²) in [5.41, 5.74) is 6.72. The maximum atomic E-state index is 12.4. The number of carbonyl (C=O) groups excluding carboxylic acids is 1. The minimum absolute atomic E-state index is 0.101. The highest BCUT2D eigenvalue weighted by Gasteiger charge is 2.19. The summed E-state index contributed by atoms with van der Waals surface area (Å²) in [7, 11) is 1.50. The number of ether oxygens (including phenoxy) is 1. The average molecular weight is 391 g/mol. The summed E-state index contributed by atoms with van der Waals surface area (Å²) in [6, 6.07) is 6.93. The molecule has 0 amide bonds. The third-order valence-electron chi connectivity index (χ3n) is 2.36. The van der Waals surface area contributed by atoms with Crippen molar-refractivity contribution in [2.45, 2.75) is 0 Å². The quantitative estimate of drug-likeness (QED) is 0.634. The number of carbonyl (C=O) groups is 1. The minimum atomic E-state index is -0.101. The first-order chi connectivity index (χ1) is 8.54. The van der Waals surface area contributed by atoms with Crippen LogP contribution < -0.4 is 10.5 Å². The Bertz CT molecular complexity index is 591. The largest absolute Gasteiger partial charge is 0.494 e. The van der Waals surface area contributed by atoms with E-state index in [1.54, 1.807) is 24.3 Å². The molecule has 0 atom stereocenters. The molecule has 0 aliphatic rings. The second-order valence-corrected chi connectivity index (χ2v) is 6.71. The van der Waals surface area contributed by atoms with Crippen molar-refractivity contribution in [3.63, 3.8) is 0 Å². The zero-order valence-electron chi connectivity index (χ0n) is 9.37. The molecule has 2 N–H and O–H groups in total. The fourth-order valence-corrected chi connectivity index (χ4v) is 3.54. The molecule has 0 aliphatic carbocycles. The van der Waals surface area contributed by atoms with Gasteiger partial charge in [0.2, 0.25) is 5.78 Å². The Morgan fingerprint density at radius 2 is 2.11 bits per heavy atom. The Hall–Kier alpha value is -0.850. The third kappa shape index (κ3) is 2.46. The molecule has 2 aromatic rings. The van der Waals surface area contributed by atoms with E-state index in [2.05, 4.69) is 31.9 Å². The number of nitrogen functional groups attached to an aromatic ring is 1. The van der Waals surface area contributed by atoms with Crippen molar-refractivity contribution in [1.29, 1.82) is 0 Å². The summed E-state index contributed by atoms with van der Waals surface area (Å²) < 4.78 is 6.93. The van der Waals surface area contributed by atoms with Gasteiger partial charge in [0.1, 0.15) is 0 Å². The molecule has 0 fully saturated rings. The van der Waals surface area contributed by atoms with Crippen LogP contribution in [0.15, 0.2) is 32.5 Å². The Kier molecular flexibility index (Phi) is 4.09. The fraction of sp³-hybridized carbons (Fsp3) is 0.0833. The molecular formula is C12H9Br2NO2S. The van der Waals surface area contributed by atoms with E-state index in [1.165, 1.54) is 18.4 Å². The molecule has 2 rings (SSSR count). The Morgan fingerprint density at radius 3 is 2.67 bits per heavy atom. The summed E-state index contributed by atoms with van der Waals surface area (Å²) in [5.74, 6) is 0.318. The number of thiophene rings is 1. The highest BCUT2D eigenvalue weighted by molar-refractivity contribution is 9.13. The second-order valence-electron chi connectivity index (χ2n) is 3.49. The first-order valence-corrected chi connectivity index (χ1v) is 7.37. The highest BCUT2D eigenvalue weighted by atomic mass is 79.9. The summed E-state index contributed by atoms with van der Waals surface area (Å²) in [5, 5.41) is 0. The highest BCUT2D eigenvalue weighted by Crippen LogP contribution is 2.35. The number of hydrogen-bond acceptors (Lipinski definition) is 4. The lowest BCUT2D eigenvalue weighted by Gasteiger charge is -2.08. The van der Waals surface area contributed by atoms with Crippen LogP contribution in [-0.4, -0.2) is 12.9 Å². The van der Waals surface area contributed by atoms with Crippen molar-refractivity contribution in [1.82, 2.24) is 0 Å². The number of anilines is 1.